The average molecular weight is 159 g/mol. The van der Waals surface area contributed by atoms with Crippen LogP contribution in [0.2, 0.25) is 0 Å². The first-order chi connectivity index (χ1) is 3.27. The van der Waals surface area contributed by atoms with E-state index in [9.17, 15) is 0 Å². The smallest absolute Gasteiger partial charge is 0.130 e. The average Bonchev–Trinajstić information content (AvgIpc) is 1.61. The molecule has 0 saturated carbocycles. The second-order valence-corrected chi connectivity index (χ2v) is 2.18. The van der Waals surface area contributed by atoms with Gasteiger partial charge >= 0.3 is 0 Å². The van der Waals surface area contributed by atoms with Gasteiger partial charge < -0.3 is 11.1 Å². The molecule has 0 saturated heterocycles. The van der Waals surface area contributed by atoms with E-state index in [1.807, 2.05) is 0 Å². The van der Waals surface area contributed by atoms with E-state index < -0.39 is 0 Å². The molecule has 0 amide bonds. The molecule has 0 aliphatic heterocycles. The minimum Gasteiger partial charge on any atom is -0.370 e. The largest absolute Gasteiger partial charge is 0.370 e. The molecular weight excluding hydrogens is 151 g/mol. The molecule has 0 aliphatic rings. The minimum atomic E-state index is 0. The molecule has 0 aliphatic carbocycles. The molecule has 5 heteroatoms. The first-order valence-electron chi connectivity index (χ1n) is 1.94. The van der Waals surface area contributed by atoms with E-state index in [-0.39, 0.29) is 29.6 Å². The van der Waals surface area contributed by atoms with E-state index in [2.05, 4.69) is 30.2 Å². The number of rotatable bonds is 2. The summed E-state index contributed by atoms with van der Waals surface area (Å²) in [6.45, 7) is 1.31. The maximum absolute atomic E-state index is 5.12. The summed E-state index contributed by atoms with van der Waals surface area (Å²) < 4.78 is 0.505. The molecule has 0 atom stereocenters. The predicted octanol–water partition coefficient (Wildman–Crippen LogP) is -0.631. The molecule has 2 nitrogen and oxygen atoms in total. The maximum Gasteiger partial charge on any atom is 0.130 e. The summed E-state index contributed by atoms with van der Waals surface area (Å²) in [5.74, 6) is 0. The van der Waals surface area contributed by atoms with Crippen LogP contribution in [0.3, 0.4) is 0 Å². The van der Waals surface area contributed by atoms with Crippen molar-refractivity contribution in [2.45, 2.75) is 0 Å². The standard InChI is InChI=1S/C3H8N2S2.Na/c4-1-2-5-3(6)7;/h1-2,4H2,(H2,5,6,7);. The first kappa shape index (κ1) is 11.9. The molecule has 0 aromatic rings. The Morgan fingerprint density at radius 3 is 2.38 bits per heavy atom. The molecule has 0 unspecified atom stereocenters. The van der Waals surface area contributed by atoms with Crippen LogP contribution in [0, 0.1) is 0 Å². The Morgan fingerprint density at radius 2 is 2.25 bits per heavy atom. The zero-order valence-corrected chi connectivity index (χ0v) is 8.56. The van der Waals surface area contributed by atoms with E-state index in [0.717, 1.165) is 0 Å². The Kier molecular flexibility index (Phi) is 12.2. The van der Waals surface area contributed by atoms with Crippen molar-refractivity contribution in [3.8, 4) is 0 Å². The van der Waals surface area contributed by atoms with Crippen LogP contribution in [0.4, 0.5) is 0 Å². The Bertz CT molecular complexity index is 68.3. The maximum atomic E-state index is 5.12. The Hall–Kier alpha value is 1.20. The van der Waals surface area contributed by atoms with Crippen molar-refractivity contribution in [1.82, 2.24) is 5.32 Å². The number of hydrogen-bond acceptors (Lipinski definition) is 2. The van der Waals surface area contributed by atoms with Crippen molar-refractivity contribution in [1.29, 1.82) is 0 Å². The molecule has 0 heterocycles. The fourth-order valence-electron chi connectivity index (χ4n) is 0.179. The van der Waals surface area contributed by atoms with Crippen LogP contribution in [-0.2, 0) is 0 Å². The molecule has 43 valence electrons. The molecule has 3 N–H and O–H groups in total. The summed E-state index contributed by atoms with van der Waals surface area (Å²) in [6.07, 6.45) is 0. The van der Waals surface area contributed by atoms with E-state index in [1.165, 1.54) is 0 Å². The van der Waals surface area contributed by atoms with Gasteiger partial charge in [0.1, 0.15) is 4.32 Å². The molecule has 0 aromatic carbocycles. The SMILES string of the molecule is NCCNC(=S)S.[Na]. The molecule has 1 radical (unpaired) electrons. The van der Waals surface area contributed by atoms with Crippen LogP contribution in [0.15, 0.2) is 0 Å². The van der Waals surface area contributed by atoms with Gasteiger partial charge in [0, 0.05) is 42.6 Å². The number of nitrogens with two attached hydrogens (primary N) is 1. The summed E-state index contributed by atoms with van der Waals surface area (Å²) in [6, 6.07) is 0. The second kappa shape index (κ2) is 8.20. The zero-order valence-electron chi connectivity index (χ0n) is 4.85. The summed E-state index contributed by atoms with van der Waals surface area (Å²) in [7, 11) is 0. The van der Waals surface area contributed by atoms with Crippen LogP contribution in [0.25, 0.3) is 0 Å². The van der Waals surface area contributed by atoms with Gasteiger partial charge in [0.25, 0.3) is 0 Å². The molecule has 8 heavy (non-hydrogen) atoms. The van der Waals surface area contributed by atoms with Crippen molar-refractivity contribution in [3.63, 3.8) is 0 Å². The first-order valence-corrected chi connectivity index (χ1v) is 2.79. The Balaban J connectivity index is 0. The monoisotopic (exact) mass is 159 g/mol. The van der Waals surface area contributed by atoms with Crippen molar-refractivity contribution in [3.05, 3.63) is 0 Å². The molecule has 0 spiro atoms. The normalized spacial score (nSPS) is 7.25. The van der Waals surface area contributed by atoms with E-state index in [1.54, 1.807) is 0 Å². The van der Waals surface area contributed by atoms with Crippen LogP contribution in [-0.4, -0.2) is 47.0 Å². The predicted molar refractivity (Wildman–Crippen MR) is 44.4 cm³/mol. The van der Waals surface area contributed by atoms with Crippen LogP contribution >= 0.6 is 24.8 Å². The quantitative estimate of drug-likeness (QED) is 0.285. The van der Waals surface area contributed by atoms with Gasteiger partial charge in [-0.15, -0.1) is 12.6 Å². The molecule has 0 bridgehead atoms. The number of thiol groups is 1. The van der Waals surface area contributed by atoms with Crippen LogP contribution < -0.4 is 11.1 Å². The summed E-state index contributed by atoms with van der Waals surface area (Å²) >= 11 is 8.36. The van der Waals surface area contributed by atoms with Crippen molar-refractivity contribution in [2.24, 2.45) is 5.73 Å². The molecule has 0 rings (SSSR count). The van der Waals surface area contributed by atoms with Crippen molar-refractivity contribution < 1.29 is 0 Å². The third kappa shape index (κ3) is 10.2. The third-order valence-electron chi connectivity index (χ3n) is 0.421. The number of nitrogens with one attached hydrogen (secondary N) is 1. The van der Waals surface area contributed by atoms with Gasteiger partial charge in [-0.1, -0.05) is 12.2 Å². The van der Waals surface area contributed by atoms with Crippen LogP contribution in [0.1, 0.15) is 0 Å². The Morgan fingerprint density at radius 1 is 1.75 bits per heavy atom. The molecule has 0 fully saturated rings. The number of hydrogen-bond donors (Lipinski definition) is 3. The fourth-order valence-corrected chi connectivity index (χ4v) is 0.393. The van der Waals surface area contributed by atoms with Gasteiger partial charge in [0.15, 0.2) is 0 Å². The summed E-state index contributed by atoms with van der Waals surface area (Å²) in [5, 5.41) is 2.77. The second-order valence-electron chi connectivity index (χ2n) is 1.02. The molecular formula is C3H8N2NaS2. The van der Waals surface area contributed by atoms with E-state index in [4.69, 9.17) is 5.73 Å². The van der Waals surface area contributed by atoms with Gasteiger partial charge in [0.05, 0.1) is 0 Å². The fraction of sp³-hybridized carbons (Fsp3) is 0.667. The van der Waals surface area contributed by atoms with Crippen LogP contribution in [0.5, 0.6) is 0 Å². The summed E-state index contributed by atoms with van der Waals surface area (Å²) in [4.78, 5) is 0. The van der Waals surface area contributed by atoms with Gasteiger partial charge in [-0.05, 0) is 0 Å². The topological polar surface area (TPSA) is 38.0 Å². The third-order valence-corrected chi connectivity index (χ3v) is 0.723. The van der Waals surface area contributed by atoms with Gasteiger partial charge in [-0.25, -0.2) is 0 Å². The zero-order chi connectivity index (χ0) is 5.70. The Labute approximate surface area is 82.3 Å². The molecule has 0 aromatic heterocycles. The summed E-state index contributed by atoms with van der Waals surface area (Å²) in [5.41, 5.74) is 5.12. The van der Waals surface area contributed by atoms with Gasteiger partial charge in [0.2, 0.25) is 0 Å². The minimum absolute atomic E-state index is 0. The van der Waals surface area contributed by atoms with Crippen molar-refractivity contribution in [2.75, 3.05) is 13.1 Å². The van der Waals surface area contributed by atoms with E-state index in [0.29, 0.717) is 17.4 Å². The van der Waals surface area contributed by atoms with E-state index >= 15 is 0 Å². The van der Waals surface area contributed by atoms with Crippen molar-refractivity contribution >= 4 is 58.7 Å². The van der Waals surface area contributed by atoms with Gasteiger partial charge in [-0.3, -0.25) is 0 Å². The number of thiocarbonyl (C=S) groups is 1. The van der Waals surface area contributed by atoms with Gasteiger partial charge in [-0.2, -0.15) is 0 Å².